The highest BCUT2D eigenvalue weighted by Gasteiger charge is 2.09. The van der Waals surface area contributed by atoms with Crippen molar-refractivity contribution in [3.63, 3.8) is 0 Å². The van der Waals surface area contributed by atoms with Crippen molar-refractivity contribution in [3.8, 4) is 0 Å². The molecule has 0 radical (unpaired) electrons. The highest BCUT2D eigenvalue weighted by atomic mass is 15.7. The number of para-hydroxylation sites is 1. The summed E-state index contributed by atoms with van der Waals surface area (Å²) in [6, 6.07) is 9.57. The molecule has 0 bridgehead atoms. The van der Waals surface area contributed by atoms with E-state index in [9.17, 15) is 0 Å². The van der Waals surface area contributed by atoms with E-state index in [-0.39, 0.29) is 0 Å². The van der Waals surface area contributed by atoms with Gasteiger partial charge in [-0.05, 0) is 12.1 Å². The molecule has 0 aliphatic carbocycles. The lowest BCUT2D eigenvalue weighted by Crippen LogP contribution is -2.41. The van der Waals surface area contributed by atoms with Crippen molar-refractivity contribution in [1.82, 2.24) is 5.43 Å². The van der Waals surface area contributed by atoms with Gasteiger partial charge >= 0.3 is 0 Å². The second-order valence-electron chi connectivity index (χ2n) is 2.88. The monoisotopic (exact) mass is 189 g/mol. The minimum Gasteiger partial charge on any atom is -0.384 e. The third-order valence-corrected chi connectivity index (χ3v) is 1.75. The molecular weight excluding hydrogens is 178 g/mol. The Morgan fingerprint density at radius 1 is 1.14 bits per heavy atom. The molecule has 1 heterocycles. The molecule has 14 heavy (non-hydrogen) atoms. The second kappa shape index (κ2) is 3.29. The number of nitrogens with one attached hydrogen (secondary N) is 1. The van der Waals surface area contributed by atoms with Crippen LogP contribution in [0.2, 0.25) is 0 Å². The minimum atomic E-state index is 0.380. The van der Waals surface area contributed by atoms with Gasteiger partial charge in [-0.3, -0.25) is 5.43 Å². The summed E-state index contributed by atoms with van der Waals surface area (Å²) in [5.74, 6) is 0.853. The molecule has 0 unspecified atom stereocenters. The number of nitrogens with zero attached hydrogens (tertiary/aromatic N) is 2. The molecule has 0 saturated heterocycles. The average molecular weight is 189 g/mol. The molecule has 0 aromatic heterocycles. The van der Waals surface area contributed by atoms with Crippen molar-refractivity contribution in [3.05, 3.63) is 42.2 Å². The van der Waals surface area contributed by atoms with Crippen molar-refractivity contribution in [1.29, 1.82) is 0 Å². The van der Waals surface area contributed by atoms with E-state index in [1.165, 1.54) is 5.12 Å². The number of benzene rings is 1. The van der Waals surface area contributed by atoms with Gasteiger partial charge in [0, 0.05) is 6.08 Å². The smallest absolute Gasteiger partial charge is 0.149 e. The van der Waals surface area contributed by atoms with Crippen LogP contribution in [0.25, 0.3) is 0 Å². The van der Waals surface area contributed by atoms with Crippen LogP contribution in [0.15, 0.2) is 47.3 Å². The first-order chi connectivity index (χ1) is 6.75. The Bertz CT molecular complexity index is 381. The molecule has 0 spiro atoms. The van der Waals surface area contributed by atoms with Gasteiger partial charge in [-0.15, -0.1) is 5.10 Å². The van der Waals surface area contributed by atoms with Gasteiger partial charge in [0.1, 0.15) is 11.7 Å². The van der Waals surface area contributed by atoms with Gasteiger partial charge in [0.05, 0.1) is 5.69 Å². The van der Waals surface area contributed by atoms with Gasteiger partial charge in [0.15, 0.2) is 0 Å². The van der Waals surface area contributed by atoms with Gasteiger partial charge < -0.3 is 11.5 Å². The Labute approximate surface area is 81.7 Å². The van der Waals surface area contributed by atoms with E-state index in [2.05, 4.69) is 10.5 Å². The largest absolute Gasteiger partial charge is 0.384 e. The number of hydrogen-bond acceptors (Lipinski definition) is 5. The van der Waals surface area contributed by atoms with Crippen LogP contribution in [-0.4, -0.2) is 5.84 Å². The fourth-order valence-electron chi connectivity index (χ4n) is 1.17. The second-order valence-corrected chi connectivity index (χ2v) is 2.88. The van der Waals surface area contributed by atoms with E-state index in [4.69, 9.17) is 11.5 Å². The average Bonchev–Trinajstić information content (AvgIpc) is 2.18. The van der Waals surface area contributed by atoms with Crippen molar-refractivity contribution < 1.29 is 0 Å². The third kappa shape index (κ3) is 1.61. The van der Waals surface area contributed by atoms with Crippen molar-refractivity contribution in [2.75, 3.05) is 5.12 Å². The standard InChI is InChI=1S/C9H11N5/c10-8-6-9(11)13-14(12-8)7-4-2-1-3-5-7/h1-6,12H,10H2,(H2,11,13). The van der Waals surface area contributed by atoms with Crippen LogP contribution < -0.4 is 22.0 Å². The van der Waals surface area contributed by atoms with Gasteiger partial charge in [-0.25, -0.2) is 0 Å². The topological polar surface area (TPSA) is 79.7 Å². The van der Waals surface area contributed by atoms with E-state index >= 15 is 0 Å². The van der Waals surface area contributed by atoms with Crippen molar-refractivity contribution in [2.45, 2.75) is 0 Å². The predicted molar refractivity (Wildman–Crippen MR) is 55.9 cm³/mol. The number of nitrogens with two attached hydrogens (primary N) is 2. The fraction of sp³-hybridized carbons (Fsp3) is 0. The number of anilines is 1. The van der Waals surface area contributed by atoms with Crippen molar-refractivity contribution in [2.24, 2.45) is 16.6 Å². The Morgan fingerprint density at radius 2 is 1.86 bits per heavy atom. The molecule has 1 aliphatic heterocycles. The first-order valence-electron chi connectivity index (χ1n) is 4.19. The number of rotatable bonds is 1. The van der Waals surface area contributed by atoms with Gasteiger partial charge in [0.25, 0.3) is 0 Å². The lowest BCUT2D eigenvalue weighted by atomic mass is 10.3. The summed E-state index contributed by atoms with van der Waals surface area (Å²) in [5.41, 5.74) is 14.9. The molecule has 1 aliphatic rings. The molecule has 2 rings (SSSR count). The molecule has 72 valence electrons. The van der Waals surface area contributed by atoms with Crippen LogP contribution in [0.5, 0.6) is 0 Å². The Hall–Kier alpha value is -2.17. The zero-order valence-electron chi connectivity index (χ0n) is 7.51. The number of amidine groups is 1. The maximum Gasteiger partial charge on any atom is 0.149 e. The molecule has 5 nitrogen and oxygen atoms in total. The molecule has 0 saturated carbocycles. The van der Waals surface area contributed by atoms with Gasteiger partial charge in [-0.2, -0.15) is 5.12 Å². The molecule has 0 amide bonds. The maximum atomic E-state index is 5.60. The predicted octanol–water partition coefficient (Wildman–Crippen LogP) is 0.0835. The first-order valence-corrected chi connectivity index (χ1v) is 4.19. The van der Waals surface area contributed by atoms with E-state index in [1.54, 1.807) is 6.08 Å². The summed E-state index contributed by atoms with van der Waals surface area (Å²) < 4.78 is 0. The summed E-state index contributed by atoms with van der Waals surface area (Å²) in [5, 5.41) is 5.60. The number of hydrazine groups is 1. The van der Waals surface area contributed by atoms with Crippen LogP contribution in [0, 0.1) is 0 Å². The molecule has 1 aromatic carbocycles. The Morgan fingerprint density at radius 3 is 2.50 bits per heavy atom. The summed E-state index contributed by atoms with van der Waals surface area (Å²) in [6.45, 7) is 0. The summed E-state index contributed by atoms with van der Waals surface area (Å²) in [6.07, 6.45) is 1.57. The summed E-state index contributed by atoms with van der Waals surface area (Å²) >= 11 is 0. The van der Waals surface area contributed by atoms with E-state index in [1.807, 2.05) is 30.3 Å². The Kier molecular flexibility index (Phi) is 1.98. The number of hydrazone groups is 1. The first kappa shape index (κ1) is 8.43. The fourth-order valence-corrected chi connectivity index (χ4v) is 1.17. The third-order valence-electron chi connectivity index (χ3n) is 1.75. The zero-order chi connectivity index (χ0) is 9.97. The normalized spacial score (nSPS) is 15.6. The maximum absolute atomic E-state index is 5.60. The van der Waals surface area contributed by atoms with Gasteiger partial charge in [-0.1, -0.05) is 18.2 Å². The highest BCUT2D eigenvalue weighted by molar-refractivity contribution is 5.93. The summed E-state index contributed by atoms with van der Waals surface area (Å²) in [4.78, 5) is 0. The van der Waals surface area contributed by atoms with Crippen LogP contribution in [0.1, 0.15) is 0 Å². The molecule has 5 heteroatoms. The molecule has 0 fully saturated rings. The summed E-state index contributed by atoms with van der Waals surface area (Å²) in [7, 11) is 0. The quantitative estimate of drug-likeness (QED) is 0.584. The molecule has 5 N–H and O–H groups in total. The molecular formula is C9H11N5. The van der Waals surface area contributed by atoms with E-state index in [0.717, 1.165) is 5.69 Å². The van der Waals surface area contributed by atoms with Crippen molar-refractivity contribution >= 4 is 11.5 Å². The highest BCUT2D eigenvalue weighted by Crippen LogP contribution is 2.13. The SMILES string of the molecule is NC1=CC(N)=NN(c2ccccc2)N1. The van der Waals surface area contributed by atoms with Crippen LogP contribution >= 0.6 is 0 Å². The van der Waals surface area contributed by atoms with Crippen LogP contribution in [0.4, 0.5) is 5.69 Å². The van der Waals surface area contributed by atoms with Crippen LogP contribution in [-0.2, 0) is 0 Å². The lowest BCUT2D eigenvalue weighted by molar-refractivity contribution is 0.718. The van der Waals surface area contributed by atoms with E-state index < -0.39 is 0 Å². The lowest BCUT2D eigenvalue weighted by Gasteiger charge is -2.24. The number of hydrogen-bond donors (Lipinski definition) is 3. The Balaban J connectivity index is 2.27. The molecule has 0 atom stereocenters. The van der Waals surface area contributed by atoms with Crippen LogP contribution in [0.3, 0.4) is 0 Å². The zero-order valence-corrected chi connectivity index (χ0v) is 7.51. The van der Waals surface area contributed by atoms with E-state index in [0.29, 0.717) is 11.7 Å². The minimum absolute atomic E-state index is 0.380. The molecule has 1 aromatic rings. The van der Waals surface area contributed by atoms with Gasteiger partial charge in [0.2, 0.25) is 0 Å².